The van der Waals surface area contributed by atoms with Crippen LogP contribution in [0.25, 0.3) is 5.95 Å². The fourth-order valence-corrected chi connectivity index (χ4v) is 1.91. The molecule has 3 rings (SSSR count). The third-order valence-corrected chi connectivity index (χ3v) is 2.95. The van der Waals surface area contributed by atoms with Gasteiger partial charge in [0.2, 0.25) is 17.2 Å². The van der Waals surface area contributed by atoms with Crippen LogP contribution in [-0.2, 0) is 0 Å². The molecule has 0 radical (unpaired) electrons. The maximum Gasteiger partial charge on any atom is 0.241 e. The van der Waals surface area contributed by atoms with Crippen molar-refractivity contribution in [3.05, 3.63) is 53.3 Å². The Morgan fingerprint density at radius 1 is 1.05 bits per heavy atom. The summed E-state index contributed by atoms with van der Waals surface area (Å²) >= 11 is 12.0. The molecule has 0 unspecified atom stereocenters. The molecule has 2 aromatic heterocycles. The molecule has 0 atom stereocenters. The first-order valence-electron chi connectivity index (χ1n) is 5.64. The first-order chi connectivity index (χ1) is 9.72. The highest BCUT2D eigenvalue weighted by Crippen LogP contribution is 2.23. The summed E-state index contributed by atoms with van der Waals surface area (Å²) in [6.45, 7) is 0. The molecule has 6 nitrogen and oxygen atoms in total. The number of halogens is 2. The zero-order valence-electron chi connectivity index (χ0n) is 10.0. The minimum atomic E-state index is 0.0817. The summed E-state index contributed by atoms with van der Waals surface area (Å²) < 4.78 is 1.63. The fraction of sp³-hybridized carbons (Fsp3) is 0. The summed E-state index contributed by atoms with van der Waals surface area (Å²) in [5.74, 6) is 0.679. The maximum atomic E-state index is 6.07. The lowest BCUT2D eigenvalue weighted by Gasteiger charge is -2.08. The Morgan fingerprint density at radius 2 is 1.90 bits per heavy atom. The average molecular weight is 307 g/mol. The lowest BCUT2D eigenvalue weighted by molar-refractivity contribution is 0.899. The predicted octanol–water partition coefficient (Wildman–Crippen LogP) is 3.11. The van der Waals surface area contributed by atoms with Crippen molar-refractivity contribution in [2.24, 2.45) is 0 Å². The zero-order valence-corrected chi connectivity index (χ0v) is 11.5. The highest BCUT2D eigenvalue weighted by atomic mass is 35.5. The van der Waals surface area contributed by atoms with E-state index in [0.29, 0.717) is 22.6 Å². The summed E-state index contributed by atoms with van der Waals surface area (Å²) in [5, 5.41) is 3.65. The SMILES string of the molecule is Clc1nc(Nc2ccccc2Cl)nc(-n2ccnc2)n1. The molecule has 0 saturated heterocycles. The third-order valence-electron chi connectivity index (χ3n) is 2.45. The van der Waals surface area contributed by atoms with Gasteiger partial charge < -0.3 is 5.32 Å². The van der Waals surface area contributed by atoms with Gasteiger partial charge in [0.25, 0.3) is 0 Å². The molecule has 0 aliphatic rings. The number of hydrogen-bond acceptors (Lipinski definition) is 5. The van der Waals surface area contributed by atoms with Gasteiger partial charge in [-0.25, -0.2) is 4.98 Å². The van der Waals surface area contributed by atoms with Crippen LogP contribution in [0.4, 0.5) is 11.6 Å². The van der Waals surface area contributed by atoms with Crippen LogP contribution < -0.4 is 5.32 Å². The van der Waals surface area contributed by atoms with E-state index in [9.17, 15) is 0 Å². The molecule has 0 fully saturated rings. The van der Waals surface area contributed by atoms with E-state index in [4.69, 9.17) is 23.2 Å². The second-order valence-electron chi connectivity index (χ2n) is 3.80. The highest BCUT2D eigenvalue weighted by molar-refractivity contribution is 6.33. The van der Waals surface area contributed by atoms with E-state index >= 15 is 0 Å². The molecule has 0 spiro atoms. The van der Waals surface area contributed by atoms with Crippen molar-refractivity contribution >= 4 is 34.8 Å². The average Bonchev–Trinajstić information content (AvgIpc) is 2.95. The number of nitrogens with one attached hydrogen (secondary N) is 1. The Morgan fingerprint density at radius 3 is 2.65 bits per heavy atom. The van der Waals surface area contributed by atoms with E-state index < -0.39 is 0 Å². The van der Waals surface area contributed by atoms with Gasteiger partial charge in [0.05, 0.1) is 10.7 Å². The van der Waals surface area contributed by atoms with Gasteiger partial charge in [-0.05, 0) is 23.7 Å². The molecule has 8 heteroatoms. The van der Waals surface area contributed by atoms with Gasteiger partial charge in [-0.3, -0.25) is 4.57 Å². The summed E-state index contributed by atoms with van der Waals surface area (Å²) in [4.78, 5) is 16.2. The van der Waals surface area contributed by atoms with Crippen molar-refractivity contribution in [1.29, 1.82) is 0 Å². The molecule has 0 aliphatic heterocycles. The third kappa shape index (κ3) is 2.71. The van der Waals surface area contributed by atoms with E-state index in [2.05, 4.69) is 25.3 Å². The lowest BCUT2D eigenvalue weighted by Crippen LogP contribution is -2.05. The van der Waals surface area contributed by atoms with Crippen LogP contribution in [-0.4, -0.2) is 24.5 Å². The minimum Gasteiger partial charge on any atom is -0.323 e. The fourth-order valence-electron chi connectivity index (χ4n) is 1.57. The number of rotatable bonds is 3. The van der Waals surface area contributed by atoms with E-state index in [-0.39, 0.29) is 5.28 Å². The van der Waals surface area contributed by atoms with Crippen molar-refractivity contribution in [2.75, 3.05) is 5.32 Å². The number of anilines is 2. The van der Waals surface area contributed by atoms with Gasteiger partial charge in [-0.1, -0.05) is 23.7 Å². The number of aromatic nitrogens is 5. The van der Waals surface area contributed by atoms with Crippen LogP contribution in [0, 0.1) is 0 Å². The molecule has 2 heterocycles. The standard InChI is InChI=1S/C12H8Cl2N6/c13-8-3-1-2-4-9(8)16-11-17-10(14)18-12(19-11)20-6-5-15-7-20/h1-7H,(H,16,17,18,19). The molecule has 20 heavy (non-hydrogen) atoms. The Hall–Kier alpha value is -2.18. The second kappa shape index (κ2) is 5.44. The summed E-state index contributed by atoms with van der Waals surface area (Å²) in [6, 6.07) is 7.28. The van der Waals surface area contributed by atoms with Gasteiger partial charge in [-0.2, -0.15) is 15.0 Å². The molecule has 1 aromatic carbocycles. The maximum absolute atomic E-state index is 6.07. The number of nitrogens with zero attached hydrogens (tertiary/aromatic N) is 5. The number of imidazole rings is 1. The van der Waals surface area contributed by atoms with E-state index in [0.717, 1.165) is 0 Å². The van der Waals surface area contributed by atoms with Crippen molar-refractivity contribution in [2.45, 2.75) is 0 Å². The van der Waals surface area contributed by atoms with Crippen LogP contribution in [0.5, 0.6) is 0 Å². The monoisotopic (exact) mass is 306 g/mol. The molecule has 100 valence electrons. The molecule has 0 saturated carbocycles. The summed E-state index contributed by atoms with van der Waals surface area (Å²) in [6.07, 6.45) is 4.91. The van der Waals surface area contributed by atoms with Crippen molar-refractivity contribution in [3.8, 4) is 5.95 Å². The van der Waals surface area contributed by atoms with Gasteiger partial charge in [0.15, 0.2) is 0 Å². The zero-order chi connectivity index (χ0) is 13.9. The largest absolute Gasteiger partial charge is 0.323 e. The summed E-state index contributed by atoms with van der Waals surface area (Å²) in [5.41, 5.74) is 0.688. The second-order valence-corrected chi connectivity index (χ2v) is 4.55. The molecule has 0 amide bonds. The van der Waals surface area contributed by atoms with Crippen LogP contribution in [0.15, 0.2) is 43.0 Å². The summed E-state index contributed by atoms with van der Waals surface area (Å²) in [7, 11) is 0. The van der Waals surface area contributed by atoms with Crippen LogP contribution in [0.1, 0.15) is 0 Å². The van der Waals surface area contributed by atoms with Gasteiger partial charge in [-0.15, -0.1) is 0 Å². The van der Waals surface area contributed by atoms with Crippen LogP contribution in [0.3, 0.4) is 0 Å². The van der Waals surface area contributed by atoms with Crippen molar-refractivity contribution < 1.29 is 0 Å². The van der Waals surface area contributed by atoms with Crippen molar-refractivity contribution in [1.82, 2.24) is 24.5 Å². The molecule has 3 aromatic rings. The molecular formula is C12H8Cl2N6. The highest BCUT2D eigenvalue weighted by Gasteiger charge is 2.08. The Balaban J connectivity index is 1.97. The Bertz CT molecular complexity index is 729. The van der Waals surface area contributed by atoms with Gasteiger partial charge in [0, 0.05) is 12.4 Å². The van der Waals surface area contributed by atoms with Gasteiger partial charge in [0.1, 0.15) is 6.33 Å². The minimum absolute atomic E-state index is 0.0817. The number of hydrogen-bond donors (Lipinski definition) is 1. The number of benzene rings is 1. The topological polar surface area (TPSA) is 68.5 Å². The number of para-hydroxylation sites is 1. The smallest absolute Gasteiger partial charge is 0.241 e. The lowest BCUT2D eigenvalue weighted by atomic mass is 10.3. The Labute approximate surface area is 124 Å². The first kappa shape index (κ1) is 12.8. The molecule has 0 bridgehead atoms. The Kier molecular flexibility index (Phi) is 3.49. The quantitative estimate of drug-likeness (QED) is 0.805. The van der Waals surface area contributed by atoms with Crippen LogP contribution >= 0.6 is 23.2 Å². The molecule has 0 aliphatic carbocycles. The van der Waals surface area contributed by atoms with Crippen molar-refractivity contribution in [3.63, 3.8) is 0 Å². The van der Waals surface area contributed by atoms with E-state index in [1.807, 2.05) is 18.2 Å². The van der Waals surface area contributed by atoms with E-state index in [1.54, 1.807) is 29.4 Å². The van der Waals surface area contributed by atoms with Crippen LogP contribution in [0.2, 0.25) is 10.3 Å². The first-order valence-corrected chi connectivity index (χ1v) is 6.39. The predicted molar refractivity (Wildman–Crippen MR) is 76.7 cm³/mol. The van der Waals surface area contributed by atoms with E-state index in [1.165, 1.54) is 0 Å². The molecular weight excluding hydrogens is 299 g/mol. The van der Waals surface area contributed by atoms with Gasteiger partial charge >= 0.3 is 0 Å². The normalized spacial score (nSPS) is 10.5. The molecule has 1 N–H and O–H groups in total.